The van der Waals surface area contributed by atoms with E-state index in [-0.39, 0.29) is 0 Å². The maximum absolute atomic E-state index is 5.28. The molecule has 15 heavy (non-hydrogen) atoms. The number of furan rings is 1. The van der Waals surface area contributed by atoms with E-state index in [9.17, 15) is 0 Å². The first-order chi connectivity index (χ1) is 7.42. The van der Waals surface area contributed by atoms with E-state index in [1.165, 1.54) is 12.8 Å². The molecule has 0 aliphatic heterocycles. The van der Waals surface area contributed by atoms with Crippen molar-refractivity contribution in [3.05, 3.63) is 30.7 Å². The van der Waals surface area contributed by atoms with E-state index in [2.05, 4.69) is 15.3 Å². The van der Waals surface area contributed by atoms with Gasteiger partial charge in [0.05, 0.1) is 6.26 Å². The number of rotatable bonds is 3. The zero-order chi connectivity index (χ0) is 10.1. The predicted molar refractivity (Wildman–Crippen MR) is 56.4 cm³/mol. The Balaban J connectivity index is 1.88. The summed E-state index contributed by atoms with van der Waals surface area (Å²) in [6, 6.07) is 6.16. The van der Waals surface area contributed by atoms with Gasteiger partial charge in [-0.15, -0.1) is 0 Å². The van der Waals surface area contributed by atoms with Gasteiger partial charge in [0.1, 0.15) is 5.69 Å². The van der Waals surface area contributed by atoms with Crippen LogP contribution in [0.15, 0.2) is 35.1 Å². The Morgan fingerprint density at radius 1 is 1.33 bits per heavy atom. The smallest absolute Gasteiger partial charge is 0.223 e. The second-order valence-corrected chi connectivity index (χ2v) is 3.66. The van der Waals surface area contributed by atoms with Crippen LogP contribution in [0.4, 0.5) is 5.95 Å². The summed E-state index contributed by atoms with van der Waals surface area (Å²) in [6.07, 6.45) is 5.82. The highest BCUT2D eigenvalue weighted by atomic mass is 16.3. The molecule has 76 valence electrons. The standard InChI is InChI=1S/C11H11N3O/c1-2-10(15-7-1)9-5-6-12-11(14-9)13-8-3-4-8/h1-2,5-8H,3-4H2,(H,12,13,14). The van der Waals surface area contributed by atoms with Crippen molar-refractivity contribution in [2.45, 2.75) is 18.9 Å². The first kappa shape index (κ1) is 8.47. The normalized spacial score (nSPS) is 15.2. The van der Waals surface area contributed by atoms with Gasteiger partial charge in [0.15, 0.2) is 5.76 Å². The second kappa shape index (κ2) is 3.38. The van der Waals surface area contributed by atoms with Crippen LogP contribution in [0.3, 0.4) is 0 Å². The van der Waals surface area contributed by atoms with Crippen LogP contribution in [-0.2, 0) is 0 Å². The molecule has 0 aromatic carbocycles. The molecule has 3 rings (SSSR count). The lowest BCUT2D eigenvalue weighted by Crippen LogP contribution is -2.05. The molecular weight excluding hydrogens is 190 g/mol. The summed E-state index contributed by atoms with van der Waals surface area (Å²) in [5.41, 5.74) is 0.818. The fraction of sp³-hybridized carbons (Fsp3) is 0.273. The van der Waals surface area contributed by atoms with Crippen LogP contribution in [0.5, 0.6) is 0 Å². The van der Waals surface area contributed by atoms with Crippen LogP contribution in [-0.4, -0.2) is 16.0 Å². The van der Waals surface area contributed by atoms with E-state index in [0.717, 1.165) is 11.5 Å². The van der Waals surface area contributed by atoms with Crippen LogP contribution in [0.1, 0.15) is 12.8 Å². The minimum absolute atomic E-state index is 0.567. The third kappa shape index (κ3) is 1.83. The van der Waals surface area contributed by atoms with E-state index in [4.69, 9.17) is 4.42 Å². The zero-order valence-electron chi connectivity index (χ0n) is 8.18. The molecule has 2 heterocycles. The van der Waals surface area contributed by atoms with Crippen molar-refractivity contribution in [1.29, 1.82) is 0 Å². The molecule has 0 amide bonds. The average molecular weight is 201 g/mol. The number of hydrogen-bond acceptors (Lipinski definition) is 4. The lowest BCUT2D eigenvalue weighted by atomic mass is 10.3. The van der Waals surface area contributed by atoms with Crippen LogP contribution in [0.25, 0.3) is 11.5 Å². The highest BCUT2D eigenvalue weighted by Gasteiger charge is 2.21. The fourth-order valence-corrected chi connectivity index (χ4v) is 1.40. The Hall–Kier alpha value is -1.84. The molecule has 1 N–H and O–H groups in total. The van der Waals surface area contributed by atoms with Gasteiger partial charge in [-0.05, 0) is 31.0 Å². The van der Waals surface area contributed by atoms with Crippen molar-refractivity contribution in [2.24, 2.45) is 0 Å². The number of anilines is 1. The Morgan fingerprint density at radius 2 is 2.27 bits per heavy atom. The number of hydrogen-bond donors (Lipinski definition) is 1. The highest BCUT2D eigenvalue weighted by Crippen LogP contribution is 2.24. The molecule has 0 spiro atoms. The molecule has 4 heteroatoms. The summed E-state index contributed by atoms with van der Waals surface area (Å²) in [4.78, 5) is 8.54. The summed E-state index contributed by atoms with van der Waals surface area (Å²) in [6.45, 7) is 0. The quantitative estimate of drug-likeness (QED) is 0.827. The summed E-state index contributed by atoms with van der Waals surface area (Å²) in [5, 5.41) is 3.25. The molecule has 1 aliphatic rings. The van der Waals surface area contributed by atoms with Gasteiger partial charge in [-0.2, -0.15) is 0 Å². The lowest BCUT2D eigenvalue weighted by molar-refractivity contribution is 0.580. The van der Waals surface area contributed by atoms with Gasteiger partial charge in [0.25, 0.3) is 0 Å². The predicted octanol–water partition coefficient (Wildman–Crippen LogP) is 2.31. The Bertz CT molecular complexity index is 449. The molecule has 0 radical (unpaired) electrons. The molecule has 1 fully saturated rings. The van der Waals surface area contributed by atoms with E-state index in [0.29, 0.717) is 12.0 Å². The summed E-state index contributed by atoms with van der Waals surface area (Å²) in [5.74, 6) is 1.46. The first-order valence-corrected chi connectivity index (χ1v) is 5.05. The van der Waals surface area contributed by atoms with Crippen molar-refractivity contribution in [1.82, 2.24) is 9.97 Å². The number of aromatic nitrogens is 2. The maximum atomic E-state index is 5.28. The fourth-order valence-electron chi connectivity index (χ4n) is 1.40. The highest BCUT2D eigenvalue weighted by molar-refractivity contribution is 5.53. The van der Waals surface area contributed by atoms with Crippen molar-refractivity contribution in [3.63, 3.8) is 0 Å². The van der Waals surface area contributed by atoms with E-state index in [1.54, 1.807) is 12.5 Å². The van der Waals surface area contributed by atoms with Crippen LogP contribution >= 0.6 is 0 Å². The van der Waals surface area contributed by atoms with E-state index in [1.807, 2.05) is 18.2 Å². The van der Waals surface area contributed by atoms with Gasteiger partial charge in [0, 0.05) is 12.2 Å². The van der Waals surface area contributed by atoms with Gasteiger partial charge >= 0.3 is 0 Å². The van der Waals surface area contributed by atoms with Crippen LogP contribution < -0.4 is 5.32 Å². The largest absolute Gasteiger partial charge is 0.463 e. The summed E-state index contributed by atoms with van der Waals surface area (Å²) >= 11 is 0. The van der Waals surface area contributed by atoms with Gasteiger partial charge in [-0.25, -0.2) is 9.97 Å². The summed E-state index contributed by atoms with van der Waals surface area (Å²) in [7, 11) is 0. The second-order valence-electron chi connectivity index (χ2n) is 3.66. The number of nitrogens with one attached hydrogen (secondary N) is 1. The molecular formula is C11H11N3O. The molecule has 1 aliphatic carbocycles. The van der Waals surface area contributed by atoms with Crippen LogP contribution in [0, 0.1) is 0 Å². The molecule has 0 atom stereocenters. The Morgan fingerprint density at radius 3 is 3.00 bits per heavy atom. The van der Waals surface area contributed by atoms with Gasteiger partial charge in [0.2, 0.25) is 5.95 Å². The zero-order valence-corrected chi connectivity index (χ0v) is 8.18. The molecule has 1 saturated carbocycles. The Kier molecular flexibility index (Phi) is 1.91. The molecule has 2 aromatic rings. The minimum Gasteiger partial charge on any atom is -0.463 e. The van der Waals surface area contributed by atoms with E-state index < -0.39 is 0 Å². The SMILES string of the molecule is c1coc(-c2ccnc(NC3CC3)n2)c1. The van der Waals surface area contributed by atoms with Crippen LogP contribution in [0.2, 0.25) is 0 Å². The monoisotopic (exact) mass is 201 g/mol. The maximum Gasteiger partial charge on any atom is 0.223 e. The van der Waals surface area contributed by atoms with E-state index >= 15 is 0 Å². The van der Waals surface area contributed by atoms with Crippen molar-refractivity contribution in [2.75, 3.05) is 5.32 Å². The Labute approximate surface area is 87.4 Å². The molecule has 0 bridgehead atoms. The molecule has 0 saturated heterocycles. The van der Waals surface area contributed by atoms with Gasteiger partial charge < -0.3 is 9.73 Å². The summed E-state index contributed by atoms with van der Waals surface area (Å²) < 4.78 is 5.28. The van der Waals surface area contributed by atoms with Gasteiger partial charge in [-0.1, -0.05) is 0 Å². The van der Waals surface area contributed by atoms with Crippen molar-refractivity contribution >= 4 is 5.95 Å². The topological polar surface area (TPSA) is 51.0 Å². The van der Waals surface area contributed by atoms with Crippen molar-refractivity contribution < 1.29 is 4.42 Å². The molecule has 0 unspecified atom stereocenters. The van der Waals surface area contributed by atoms with Crippen molar-refractivity contribution in [3.8, 4) is 11.5 Å². The number of nitrogens with zero attached hydrogens (tertiary/aromatic N) is 2. The first-order valence-electron chi connectivity index (χ1n) is 5.05. The lowest BCUT2D eigenvalue weighted by Gasteiger charge is -2.02. The average Bonchev–Trinajstić information content (AvgIpc) is 2.91. The third-order valence-electron chi connectivity index (χ3n) is 2.34. The third-order valence-corrected chi connectivity index (χ3v) is 2.34. The molecule has 2 aromatic heterocycles. The molecule has 4 nitrogen and oxygen atoms in total. The minimum atomic E-state index is 0.567. The van der Waals surface area contributed by atoms with Gasteiger partial charge in [-0.3, -0.25) is 0 Å².